The second kappa shape index (κ2) is 8.39. The van der Waals surface area contributed by atoms with E-state index in [-0.39, 0.29) is 5.91 Å². The Bertz CT molecular complexity index is 935. The lowest BCUT2D eigenvalue weighted by Crippen LogP contribution is -2.41. The van der Waals surface area contributed by atoms with Crippen molar-refractivity contribution in [1.29, 1.82) is 0 Å². The fourth-order valence-corrected chi connectivity index (χ4v) is 3.73. The Morgan fingerprint density at radius 1 is 1.25 bits per heavy atom. The number of nitrogens with zero attached hydrogens (tertiary/aromatic N) is 4. The average molecular weight is 379 g/mol. The lowest BCUT2D eigenvalue weighted by molar-refractivity contribution is 0.0570. The number of hydrogen-bond donors (Lipinski definition) is 1. The molecule has 0 saturated carbocycles. The Morgan fingerprint density at radius 2 is 2.18 bits per heavy atom. The Labute approximate surface area is 164 Å². The normalized spacial score (nSPS) is 17.0. The van der Waals surface area contributed by atoms with Gasteiger partial charge in [-0.3, -0.25) is 4.79 Å². The van der Waals surface area contributed by atoms with E-state index in [1.807, 2.05) is 52.0 Å². The molecule has 1 unspecified atom stereocenters. The van der Waals surface area contributed by atoms with Gasteiger partial charge in [0.05, 0.1) is 30.6 Å². The van der Waals surface area contributed by atoms with E-state index in [1.54, 1.807) is 13.3 Å². The zero-order valence-electron chi connectivity index (χ0n) is 16.0. The van der Waals surface area contributed by atoms with E-state index in [2.05, 4.69) is 15.3 Å². The van der Waals surface area contributed by atoms with E-state index in [1.165, 1.54) is 0 Å². The molecular formula is C21H25N5O2. The number of imidazole rings is 1. The van der Waals surface area contributed by atoms with Gasteiger partial charge in [-0.1, -0.05) is 6.07 Å². The molecule has 3 aromatic rings. The highest BCUT2D eigenvalue weighted by Gasteiger charge is 2.24. The monoisotopic (exact) mass is 379 g/mol. The minimum Gasteiger partial charge on any atom is -0.384 e. The molecule has 4 rings (SSSR count). The van der Waals surface area contributed by atoms with E-state index in [9.17, 15) is 4.79 Å². The summed E-state index contributed by atoms with van der Waals surface area (Å²) < 4.78 is 7.29. The van der Waals surface area contributed by atoms with E-state index >= 15 is 0 Å². The molecule has 1 N–H and O–H groups in total. The number of piperidine rings is 1. The van der Waals surface area contributed by atoms with Crippen LogP contribution in [0.5, 0.6) is 0 Å². The van der Waals surface area contributed by atoms with Gasteiger partial charge in [0, 0.05) is 32.6 Å². The second-order valence-electron chi connectivity index (χ2n) is 7.18. The Balaban J connectivity index is 1.37. The highest BCUT2D eigenvalue weighted by Crippen LogP contribution is 2.19. The van der Waals surface area contributed by atoms with Crippen molar-refractivity contribution in [3.05, 3.63) is 60.2 Å². The third-order valence-corrected chi connectivity index (χ3v) is 5.16. The highest BCUT2D eigenvalue weighted by molar-refractivity contribution is 5.94. The van der Waals surface area contributed by atoms with Crippen molar-refractivity contribution in [2.24, 2.45) is 5.92 Å². The maximum Gasteiger partial charge on any atom is 0.255 e. The Morgan fingerprint density at radius 3 is 3.00 bits per heavy atom. The molecule has 3 aromatic heterocycles. The van der Waals surface area contributed by atoms with Gasteiger partial charge in [0.2, 0.25) is 0 Å². The van der Waals surface area contributed by atoms with Gasteiger partial charge < -0.3 is 19.4 Å². The zero-order chi connectivity index (χ0) is 19.3. The number of hydrogen-bond acceptors (Lipinski definition) is 5. The molecule has 4 heterocycles. The number of fused-ring (bicyclic) bond motifs is 1. The zero-order valence-corrected chi connectivity index (χ0v) is 16.0. The number of likely N-dealkylation sites (tertiary alicyclic amines) is 1. The Kier molecular flexibility index (Phi) is 5.53. The van der Waals surface area contributed by atoms with Gasteiger partial charge in [0.25, 0.3) is 5.91 Å². The van der Waals surface area contributed by atoms with E-state index in [0.29, 0.717) is 24.6 Å². The fraction of sp³-hybridized carbons (Fsp3) is 0.381. The van der Waals surface area contributed by atoms with Crippen molar-refractivity contribution in [1.82, 2.24) is 19.3 Å². The van der Waals surface area contributed by atoms with Crippen LogP contribution in [0, 0.1) is 5.92 Å². The van der Waals surface area contributed by atoms with Crippen LogP contribution in [0.2, 0.25) is 0 Å². The quantitative estimate of drug-likeness (QED) is 0.713. The minimum absolute atomic E-state index is 0.0432. The second-order valence-corrected chi connectivity index (χ2v) is 7.18. The topological polar surface area (TPSA) is 71.8 Å². The molecule has 0 aliphatic carbocycles. The van der Waals surface area contributed by atoms with Crippen LogP contribution in [-0.2, 0) is 11.3 Å². The average Bonchev–Trinajstić information content (AvgIpc) is 3.16. The number of ether oxygens (including phenoxy) is 1. The number of methoxy groups -OCH3 is 1. The summed E-state index contributed by atoms with van der Waals surface area (Å²) in [5, 5.41) is 3.30. The molecule has 146 valence electrons. The smallest absolute Gasteiger partial charge is 0.255 e. The molecule has 0 radical (unpaired) electrons. The van der Waals surface area contributed by atoms with Crippen molar-refractivity contribution in [3.63, 3.8) is 0 Å². The van der Waals surface area contributed by atoms with Crippen LogP contribution in [0.1, 0.15) is 28.9 Å². The lowest BCUT2D eigenvalue weighted by Gasteiger charge is -2.32. The number of nitrogens with one attached hydrogen (secondary N) is 1. The SMILES string of the molecule is COCC1CCCN(C(=O)c2ccc(NCc3cnc4ccccn34)nc2)C1. The number of aromatic nitrogens is 3. The van der Waals surface area contributed by atoms with Gasteiger partial charge in [-0.25, -0.2) is 9.97 Å². The van der Waals surface area contributed by atoms with Gasteiger partial charge in [-0.15, -0.1) is 0 Å². The number of pyridine rings is 2. The summed E-state index contributed by atoms with van der Waals surface area (Å²) in [5.74, 6) is 1.20. The first kappa shape index (κ1) is 18.4. The van der Waals surface area contributed by atoms with Gasteiger partial charge in [-0.2, -0.15) is 0 Å². The van der Waals surface area contributed by atoms with Crippen LogP contribution in [0.15, 0.2) is 48.9 Å². The van der Waals surface area contributed by atoms with Crippen molar-refractivity contribution in [2.75, 3.05) is 32.1 Å². The van der Waals surface area contributed by atoms with E-state index < -0.39 is 0 Å². The molecular weight excluding hydrogens is 354 g/mol. The minimum atomic E-state index is 0.0432. The molecule has 7 nitrogen and oxygen atoms in total. The number of carbonyl (C=O) groups excluding carboxylic acids is 1. The van der Waals surface area contributed by atoms with Crippen LogP contribution < -0.4 is 5.32 Å². The summed E-state index contributed by atoms with van der Waals surface area (Å²) in [7, 11) is 1.71. The molecule has 1 amide bonds. The first-order valence-electron chi connectivity index (χ1n) is 9.63. The number of anilines is 1. The summed E-state index contributed by atoms with van der Waals surface area (Å²) in [6, 6.07) is 9.62. The van der Waals surface area contributed by atoms with Crippen molar-refractivity contribution < 1.29 is 9.53 Å². The van der Waals surface area contributed by atoms with Crippen molar-refractivity contribution >= 4 is 17.4 Å². The predicted octanol–water partition coefficient (Wildman–Crippen LogP) is 2.84. The maximum absolute atomic E-state index is 12.8. The highest BCUT2D eigenvalue weighted by atomic mass is 16.5. The molecule has 0 spiro atoms. The molecule has 1 atom stereocenters. The fourth-order valence-electron chi connectivity index (χ4n) is 3.73. The van der Waals surface area contributed by atoms with Crippen LogP contribution in [0.4, 0.5) is 5.82 Å². The van der Waals surface area contributed by atoms with Crippen LogP contribution >= 0.6 is 0 Å². The van der Waals surface area contributed by atoms with Crippen LogP contribution in [0.25, 0.3) is 5.65 Å². The predicted molar refractivity (Wildman–Crippen MR) is 107 cm³/mol. The molecule has 0 bridgehead atoms. The number of carbonyl (C=O) groups is 1. The first-order valence-corrected chi connectivity index (χ1v) is 9.63. The summed E-state index contributed by atoms with van der Waals surface area (Å²) in [6.07, 6.45) is 7.63. The van der Waals surface area contributed by atoms with Gasteiger partial charge in [0.1, 0.15) is 11.5 Å². The van der Waals surface area contributed by atoms with Crippen molar-refractivity contribution in [3.8, 4) is 0 Å². The van der Waals surface area contributed by atoms with E-state index in [0.717, 1.165) is 43.1 Å². The Hall–Kier alpha value is -2.93. The molecule has 28 heavy (non-hydrogen) atoms. The number of amides is 1. The van der Waals surface area contributed by atoms with Crippen molar-refractivity contribution in [2.45, 2.75) is 19.4 Å². The van der Waals surface area contributed by atoms with Crippen LogP contribution in [-0.4, -0.2) is 52.0 Å². The summed E-state index contributed by atoms with van der Waals surface area (Å²) >= 11 is 0. The molecule has 1 saturated heterocycles. The summed E-state index contributed by atoms with van der Waals surface area (Å²) in [4.78, 5) is 23.5. The first-order chi connectivity index (χ1) is 13.7. The molecule has 0 aromatic carbocycles. The van der Waals surface area contributed by atoms with Gasteiger partial charge in [0.15, 0.2) is 0 Å². The standard InChI is InChI=1S/C21H25N5O2/c1-28-15-16-5-4-9-25(14-16)21(27)17-7-8-19(22-11-17)23-12-18-13-24-20-6-2-3-10-26(18)20/h2-3,6-8,10-11,13,16H,4-5,9,12,14-15H2,1H3,(H,22,23). The van der Waals surface area contributed by atoms with Gasteiger partial charge in [-0.05, 0) is 43.0 Å². The summed E-state index contributed by atoms with van der Waals surface area (Å²) in [6.45, 7) is 2.86. The largest absolute Gasteiger partial charge is 0.384 e. The third kappa shape index (κ3) is 3.99. The summed E-state index contributed by atoms with van der Waals surface area (Å²) in [5.41, 5.74) is 2.59. The lowest BCUT2D eigenvalue weighted by atomic mass is 9.98. The maximum atomic E-state index is 12.8. The molecule has 1 aliphatic heterocycles. The molecule has 7 heteroatoms. The molecule has 1 aliphatic rings. The number of rotatable bonds is 6. The van der Waals surface area contributed by atoms with Gasteiger partial charge >= 0.3 is 0 Å². The van der Waals surface area contributed by atoms with Crippen LogP contribution in [0.3, 0.4) is 0 Å². The van der Waals surface area contributed by atoms with E-state index in [4.69, 9.17) is 4.74 Å². The molecule has 1 fully saturated rings. The third-order valence-electron chi connectivity index (χ3n) is 5.16.